The predicted molar refractivity (Wildman–Crippen MR) is 92.6 cm³/mol. The summed E-state index contributed by atoms with van der Waals surface area (Å²) in [5, 5.41) is 17.1. The summed E-state index contributed by atoms with van der Waals surface area (Å²) in [7, 11) is 1.54. The monoisotopic (exact) mass is 333 g/mol. The fraction of sp³-hybridized carbons (Fsp3) is 0.125. The van der Waals surface area contributed by atoms with Crippen LogP contribution in [-0.4, -0.2) is 23.0 Å². The Balaban J connectivity index is 2.04. The molecule has 2 aromatic rings. The molecule has 3 N–H and O–H groups in total. The van der Waals surface area contributed by atoms with Gasteiger partial charge in [-0.05, 0) is 61.6 Å². The van der Waals surface area contributed by atoms with Crippen LogP contribution >= 0.6 is 12.2 Å². The molecule has 7 heteroatoms. The number of ether oxygens (including phenoxy) is 1. The SMILES string of the molecule is COc1ccc(O)c(/C(C)=N/NC(=S)Nc2ccc(F)cc2)c1. The second-order valence-corrected chi connectivity index (χ2v) is 5.06. The number of aromatic hydroxyl groups is 1. The summed E-state index contributed by atoms with van der Waals surface area (Å²) in [6.45, 7) is 1.72. The fourth-order valence-electron chi connectivity index (χ4n) is 1.82. The van der Waals surface area contributed by atoms with Gasteiger partial charge in [0.2, 0.25) is 0 Å². The molecule has 2 rings (SSSR count). The molecule has 0 aliphatic carbocycles. The third-order valence-corrected chi connectivity index (χ3v) is 3.21. The molecule has 0 aromatic heterocycles. The van der Waals surface area contributed by atoms with Crippen molar-refractivity contribution in [3.63, 3.8) is 0 Å². The van der Waals surface area contributed by atoms with Gasteiger partial charge in [-0.2, -0.15) is 5.10 Å². The lowest BCUT2D eigenvalue weighted by Gasteiger charge is -2.09. The van der Waals surface area contributed by atoms with Crippen LogP contribution in [-0.2, 0) is 0 Å². The van der Waals surface area contributed by atoms with Crippen molar-refractivity contribution in [3.05, 3.63) is 53.8 Å². The first kappa shape index (κ1) is 16.7. The first-order valence-electron chi connectivity index (χ1n) is 6.74. The third kappa shape index (κ3) is 4.65. The molecule has 0 aliphatic heterocycles. The van der Waals surface area contributed by atoms with E-state index in [9.17, 15) is 9.50 Å². The van der Waals surface area contributed by atoms with Crippen molar-refractivity contribution in [1.82, 2.24) is 5.43 Å². The van der Waals surface area contributed by atoms with E-state index >= 15 is 0 Å². The zero-order chi connectivity index (χ0) is 16.8. The van der Waals surface area contributed by atoms with Gasteiger partial charge in [0.25, 0.3) is 0 Å². The topological polar surface area (TPSA) is 65.9 Å². The summed E-state index contributed by atoms with van der Waals surface area (Å²) in [6.07, 6.45) is 0. The van der Waals surface area contributed by atoms with Crippen molar-refractivity contribution in [3.8, 4) is 11.5 Å². The number of nitrogens with zero attached hydrogens (tertiary/aromatic N) is 1. The normalized spacial score (nSPS) is 11.0. The number of hydrogen-bond acceptors (Lipinski definition) is 4. The van der Waals surface area contributed by atoms with Crippen LogP contribution in [0.15, 0.2) is 47.6 Å². The van der Waals surface area contributed by atoms with E-state index in [1.54, 1.807) is 38.3 Å². The summed E-state index contributed by atoms with van der Waals surface area (Å²) in [4.78, 5) is 0. The summed E-state index contributed by atoms with van der Waals surface area (Å²) in [5.41, 5.74) is 4.37. The average Bonchev–Trinajstić information content (AvgIpc) is 2.55. The second-order valence-electron chi connectivity index (χ2n) is 4.65. The highest BCUT2D eigenvalue weighted by Crippen LogP contribution is 2.23. The van der Waals surface area contributed by atoms with Crippen molar-refractivity contribution in [1.29, 1.82) is 0 Å². The van der Waals surface area contributed by atoms with E-state index in [4.69, 9.17) is 17.0 Å². The highest BCUT2D eigenvalue weighted by molar-refractivity contribution is 7.80. The maximum absolute atomic E-state index is 12.8. The lowest BCUT2D eigenvalue weighted by molar-refractivity contribution is 0.412. The Morgan fingerprint density at radius 2 is 1.91 bits per heavy atom. The molecule has 0 bridgehead atoms. The van der Waals surface area contributed by atoms with Gasteiger partial charge in [0, 0.05) is 11.3 Å². The molecule has 120 valence electrons. The predicted octanol–water partition coefficient (Wildman–Crippen LogP) is 3.25. The van der Waals surface area contributed by atoms with Crippen molar-refractivity contribution >= 4 is 28.7 Å². The Kier molecular flexibility index (Phi) is 5.48. The van der Waals surface area contributed by atoms with Crippen LogP contribution in [0.1, 0.15) is 12.5 Å². The maximum atomic E-state index is 12.8. The van der Waals surface area contributed by atoms with E-state index in [2.05, 4.69) is 15.8 Å². The molecular formula is C16H16FN3O2S. The van der Waals surface area contributed by atoms with Gasteiger partial charge in [-0.1, -0.05) is 0 Å². The van der Waals surface area contributed by atoms with Crippen LogP contribution in [0.5, 0.6) is 11.5 Å². The molecular weight excluding hydrogens is 317 g/mol. The summed E-state index contributed by atoms with van der Waals surface area (Å²) >= 11 is 5.11. The minimum absolute atomic E-state index is 0.0891. The van der Waals surface area contributed by atoms with E-state index in [-0.39, 0.29) is 16.7 Å². The number of hydrazone groups is 1. The highest BCUT2D eigenvalue weighted by atomic mass is 32.1. The van der Waals surface area contributed by atoms with Gasteiger partial charge in [-0.3, -0.25) is 5.43 Å². The molecule has 0 saturated carbocycles. The lowest BCUT2D eigenvalue weighted by atomic mass is 10.1. The van der Waals surface area contributed by atoms with Crippen molar-refractivity contribution in [2.75, 3.05) is 12.4 Å². The molecule has 0 fully saturated rings. The number of thiocarbonyl (C=S) groups is 1. The van der Waals surface area contributed by atoms with Gasteiger partial charge in [0.05, 0.1) is 12.8 Å². The number of nitrogens with one attached hydrogen (secondary N) is 2. The molecule has 0 spiro atoms. The number of phenols is 1. The van der Waals surface area contributed by atoms with E-state index in [1.165, 1.54) is 18.2 Å². The molecule has 0 saturated heterocycles. The molecule has 0 amide bonds. The van der Waals surface area contributed by atoms with Crippen LogP contribution in [0.25, 0.3) is 0 Å². The number of methoxy groups -OCH3 is 1. The van der Waals surface area contributed by atoms with Gasteiger partial charge in [0.1, 0.15) is 17.3 Å². The summed E-state index contributed by atoms with van der Waals surface area (Å²) < 4.78 is 18.0. The Morgan fingerprint density at radius 1 is 1.22 bits per heavy atom. The second kappa shape index (κ2) is 7.55. The van der Waals surface area contributed by atoms with Crippen LogP contribution < -0.4 is 15.5 Å². The summed E-state index contributed by atoms with van der Waals surface area (Å²) in [6, 6.07) is 10.6. The summed E-state index contributed by atoms with van der Waals surface area (Å²) in [5.74, 6) is 0.377. The number of halogens is 1. The minimum atomic E-state index is -0.322. The van der Waals surface area contributed by atoms with Gasteiger partial charge in [-0.25, -0.2) is 4.39 Å². The zero-order valence-electron chi connectivity index (χ0n) is 12.6. The van der Waals surface area contributed by atoms with E-state index in [0.29, 0.717) is 22.7 Å². The molecule has 0 aliphatic rings. The fourth-order valence-corrected chi connectivity index (χ4v) is 1.98. The standard InChI is InChI=1S/C16H16FN3O2S/c1-10(14-9-13(22-2)7-8-15(14)21)19-20-16(23)18-12-5-3-11(17)4-6-12/h3-9,21H,1-2H3,(H2,18,20,23)/b19-10+. The minimum Gasteiger partial charge on any atom is -0.507 e. The molecule has 2 aromatic carbocycles. The van der Waals surface area contributed by atoms with E-state index in [1.807, 2.05) is 0 Å². The Labute approximate surface area is 138 Å². The molecule has 0 radical (unpaired) electrons. The van der Waals surface area contributed by atoms with Gasteiger partial charge in [-0.15, -0.1) is 0 Å². The van der Waals surface area contributed by atoms with Gasteiger partial charge in [0.15, 0.2) is 5.11 Å². The first-order valence-corrected chi connectivity index (χ1v) is 7.14. The number of hydrogen-bond donors (Lipinski definition) is 3. The number of phenolic OH excluding ortho intramolecular Hbond substituents is 1. The number of rotatable bonds is 4. The third-order valence-electron chi connectivity index (χ3n) is 3.02. The van der Waals surface area contributed by atoms with Gasteiger partial charge < -0.3 is 15.2 Å². The molecule has 5 nitrogen and oxygen atoms in total. The number of anilines is 1. The van der Waals surface area contributed by atoms with Crippen molar-refractivity contribution in [2.45, 2.75) is 6.92 Å². The molecule has 0 heterocycles. The highest BCUT2D eigenvalue weighted by Gasteiger charge is 2.07. The molecule has 23 heavy (non-hydrogen) atoms. The van der Waals surface area contributed by atoms with Crippen LogP contribution in [0.4, 0.5) is 10.1 Å². The Hall–Kier alpha value is -2.67. The smallest absolute Gasteiger partial charge is 0.191 e. The largest absolute Gasteiger partial charge is 0.507 e. The van der Waals surface area contributed by atoms with Crippen LogP contribution in [0, 0.1) is 5.82 Å². The van der Waals surface area contributed by atoms with Crippen LogP contribution in [0.3, 0.4) is 0 Å². The maximum Gasteiger partial charge on any atom is 0.191 e. The molecule has 0 unspecified atom stereocenters. The Morgan fingerprint density at radius 3 is 2.57 bits per heavy atom. The van der Waals surface area contributed by atoms with Crippen molar-refractivity contribution in [2.24, 2.45) is 5.10 Å². The lowest BCUT2D eigenvalue weighted by Crippen LogP contribution is -2.25. The quantitative estimate of drug-likeness (QED) is 0.455. The van der Waals surface area contributed by atoms with Gasteiger partial charge >= 0.3 is 0 Å². The zero-order valence-corrected chi connectivity index (χ0v) is 13.4. The van der Waals surface area contributed by atoms with Crippen molar-refractivity contribution < 1.29 is 14.2 Å². The molecule has 0 atom stereocenters. The number of benzene rings is 2. The average molecular weight is 333 g/mol. The van der Waals surface area contributed by atoms with E-state index in [0.717, 1.165) is 0 Å². The Bertz CT molecular complexity index is 733. The first-order chi connectivity index (χ1) is 11.0. The van der Waals surface area contributed by atoms with Crippen LogP contribution in [0.2, 0.25) is 0 Å². The van der Waals surface area contributed by atoms with E-state index < -0.39 is 0 Å².